The minimum Gasteiger partial charge on any atom is -0.358 e. The number of pyridine rings is 1. The molecular weight excluding hydrogens is 270 g/mol. The van der Waals surface area contributed by atoms with Gasteiger partial charge in [-0.15, -0.1) is 0 Å². The fourth-order valence-electron chi connectivity index (χ4n) is 2.73. The first kappa shape index (κ1) is 14.0. The van der Waals surface area contributed by atoms with Crippen molar-refractivity contribution in [3.8, 4) is 0 Å². The van der Waals surface area contributed by atoms with Crippen molar-refractivity contribution in [1.82, 2.24) is 19.6 Å². The van der Waals surface area contributed by atoms with Crippen molar-refractivity contribution in [2.24, 2.45) is 0 Å². The highest BCUT2D eigenvalue weighted by molar-refractivity contribution is 5.48. The van der Waals surface area contributed by atoms with Crippen LogP contribution in [0.4, 0.5) is 5.82 Å². The summed E-state index contributed by atoms with van der Waals surface area (Å²) >= 11 is 0. The molecular formula is C14H19N5O2. The van der Waals surface area contributed by atoms with Crippen LogP contribution in [0.5, 0.6) is 0 Å². The van der Waals surface area contributed by atoms with Gasteiger partial charge in [-0.2, -0.15) is 4.40 Å². The minimum atomic E-state index is -0.335. The Balaban J connectivity index is 1.94. The van der Waals surface area contributed by atoms with Crippen LogP contribution in [0.15, 0.2) is 24.4 Å². The summed E-state index contributed by atoms with van der Waals surface area (Å²) in [5.41, 5.74) is 1.17. The smallest absolute Gasteiger partial charge is 0.352 e. The van der Waals surface area contributed by atoms with E-state index in [1.807, 2.05) is 6.07 Å². The molecule has 21 heavy (non-hydrogen) atoms. The zero-order chi connectivity index (χ0) is 14.8. The lowest BCUT2D eigenvalue weighted by molar-refractivity contribution is -0.391. The number of imidazole rings is 1. The third-order valence-corrected chi connectivity index (χ3v) is 3.89. The summed E-state index contributed by atoms with van der Waals surface area (Å²) in [6, 6.07) is 5.88. The van der Waals surface area contributed by atoms with Gasteiger partial charge in [-0.05, 0) is 24.0 Å². The van der Waals surface area contributed by atoms with Crippen molar-refractivity contribution in [2.75, 3.05) is 19.6 Å². The molecule has 7 nitrogen and oxygen atoms in total. The molecule has 112 valence electrons. The maximum Gasteiger partial charge on any atom is 0.352 e. The van der Waals surface area contributed by atoms with E-state index in [-0.39, 0.29) is 10.7 Å². The van der Waals surface area contributed by atoms with Gasteiger partial charge in [0.15, 0.2) is 5.69 Å². The van der Waals surface area contributed by atoms with E-state index in [9.17, 15) is 10.1 Å². The number of nitrogens with one attached hydrogen (secondary N) is 1. The Bertz CT molecular complexity index is 650. The highest BCUT2D eigenvalue weighted by Crippen LogP contribution is 2.23. The predicted octanol–water partition coefficient (Wildman–Crippen LogP) is 1.43. The molecule has 0 amide bonds. The summed E-state index contributed by atoms with van der Waals surface area (Å²) in [6.45, 7) is 5.47. The second-order valence-electron chi connectivity index (χ2n) is 5.35. The van der Waals surface area contributed by atoms with Crippen molar-refractivity contribution >= 4 is 11.5 Å². The lowest BCUT2D eigenvalue weighted by atomic mass is 10.1. The molecule has 1 aliphatic heterocycles. The fraction of sp³-hybridized carbons (Fsp3) is 0.500. The van der Waals surface area contributed by atoms with Gasteiger partial charge in [-0.3, -0.25) is 4.90 Å². The second-order valence-corrected chi connectivity index (χ2v) is 5.35. The van der Waals surface area contributed by atoms with Crippen molar-refractivity contribution in [2.45, 2.75) is 25.9 Å². The van der Waals surface area contributed by atoms with E-state index in [4.69, 9.17) is 0 Å². The highest BCUT2D eigenvalue weighted by atomic mass is 16.6. The van der Waals surface area contributed by atoms with Crippen LogP contribution in [0.3, 0.4) is 0 Å². The molecule has 1 saturated heterocycles. The predicted molar refractivity (Wildman–Crippen MR) is 79.2 cm³/mol. The Morgan fingerprint density at radius 1 is 1.52 bits per heavy atom. The number of hydrogen-bond donors (Lipinski definition) is 1. The van der Waals surface area contributed by atoms with Gasteiger partial charge in [-0.25, -0.2) is 4.98 Å². The highest BCUT2D eigenvalue weighted by Gasteiger charge is 2.29. The molecule has 1 aliphatic rings. The van der Waals surface area contributed by atoms with Crippen LogP contribution >= 0.6 is 0 Å². The minimum absolute atomic E-state index is 0.0824. The number of aromatic nitrogens is 2. The first-order valence-corrected chi connectivity index (χ1v) is 7.25. The molecule has 0 radical (unpaired) electrons. The van der Waals surface area contributed by atoms with Gasteiger partial charge >= 0.3 is 5.82 Å². The number of hydrogen-bond acceptors (Lipinski definition) is 5. The monoisotopic (exact) mass is 289 g/mol. The van der Waals surface area contributed by atoms with Crippen LogP contribution in [0.2, 0.25) is 0 Å². The van der Waals surface area contributed by atoms with Crippen LogP contribution in [0, 0.1) is 10.1 Å². The lowest BCUT2D eigenvalue weighted by Crippen LogP contribution is -2.57. The van der Waals surface area contributed by atoms with Crippen molar-refractivity contribution in [1.29, 1.82) is 0 Å². The van der Waals surface area contributed by atoms with E-state index >= 15 is 0 Å². The van der Waals surface area contributed by atoms with Crippen molar-refractivity contribution in [3.63, 3.8) is 0 Å². The Kier molecular flexibility index (Phi) is 3.85. The van der Waals surface area contributed by atoms with E-state index in [2.05, 4.69) is 22.1 Å². The molecule has 2 aromatic rings. The van der Waals surface area contributed by atoms with Crippen LogP contribution < -0.4 is 5.32 Å². The van der Waals surface area contributed by atoms with E-state index in [1.165, 1.54) is 0 Å². The normalized spacial score (nSPS) is 15.5. The number of nitrogens with zero attached hydrogens (tertiary/aromatic N) is 4. The average molecular weight is 289 g/mol. The lowest BCUT2D eigenvalue weighted by Gasteiger charge is -2.37. The van der Waals surface area contributed by atoms with Gasteiger partial charge in [0, 0.05) is 31.7 Å². The molecule has 7 heteroatoms. The third-order valence-electron chi connectivity index (χ3n) is 3.89. The van der Waals surface area contributed by atoms with E-state index in [0.29, 0.717) is 23.9 Å². The SMILES string of the molecule is CCCN(Cc1nc2ccccn2c1[N+](=O)[O-])C1CNC1. The Hall–Kier alpha value is -1.99. The average Bonchev–Trinajstić information content (AvgIpc) is 2.74. The summed E-state index contributed by atoms with van der Waals surface area (Å²) in [6.07, 6.45) is 2.72. The van der Waals surface area contributed by atoms with Crippen LogP contribution in [0.1, 0.15) is 19.0 Å². The first-order valence-electron chi connectivity index (χ1n) is 7.25. The molecule has 0 aromatic carbocycles. The van der Waals surface area contributed by atoms with Gasteiger partial charge in [0.25, 0.3) is 0 Å². The van der Waals surface area contributed by atoms with E-state index in [1.54, 1.807) is 22.7 Å². The summed E-state index contributed by atoms with van der Waals surface area (Å²) in [5, 5.41) is 14.7. The van der Waals surface area contributed by atoms with Crippen LogP contribution in [0.25, 0.3) is 5.65 Å². The zero-order valence-electron chi connectivity index (χ0n) is 12.0. The first-order chi connectivity index (χ1) is 10.2. The quantitative estimate of drug-likeness (QED) is 0.643. The molecule has 0 saturated carbocycles. The topological polar surface area (TPSA) is 75.7 Å². The molecule has 0 spiro atoms. The molecule has 1 fully saturated rings. The molecule has 2 aromatic heterocycles. The maximum atomic E-state index is 11.4. The molecule has 0 bridgehead atoms. The van der Waals surface area contributed by atoms with Gasteiger partial charge in [0.2, 0.25) is 5.65 Å². The van der Waals surface area contributed by atoms with Crippen LogP contribution in [-0.4, -0.2) is 44.9 Å². The second kappa shape index (κ2) is 5.79. The van der Waals surface area contributed by atoms with Crippen LogP contribution in [-0.2, 0) is 6.54 Å². The summed E-state index contributed by atoms with van der Waals surface area (Å²) in [5.74, 6) is 0.0824. The number of fused-ring (bicyclic) bond motifs is 1. The largest absolute Gasteiger partial charge is 0.358 e. The van der Waals surface area contributed by atoms with Gasteiger partial charge in [0.1, 0.15) is 0 Å². The van der Waals surface area contributed by atoms with E-state index in [0.717, 1.165) is 26.1 Å². The Morgan fingerprint density at radius 3 is 2.95 bits per heavy atom. The molecule has 0 atom stereocenters. The summed E-state index contributed by atoms with van der Waals surface area (Å²) in [4.78, 5) is 17.8. The Labute approximate surface area is 122 Å². The van der Waals surface area contributed by atoms with E-state index < -0.39 is 0 Å². The number of rotatable bonds is 6. The number of nitro groups is 1. The third kappa shape index (κ3) is 2.62. The zero-order valence-corrected chi connectivity index (χ0v) is 12.0. The van der Waals surface area contributed by atoms with Gasteiger partial charge in [-0.1, -0.05) is 13.0 Å². The fourth-order valence-corrected chi connectivity index (χ4v) is 2.73. The van der Waals surface area contributed by atoms with Gasteiger partial charge < -0.3 is 15.4 Å². The van der Waals surface area contributed by atoms with Crippen molar-refractivity contribution < 1.29 is 4.92 Å². The molecule has 0 aliphatic carbocycles. The van der Waals surface area contributed by atoms with Crippen molar-refractivity contribution in [3.05, 3.63) is 40.2 Å². The molecule has 0 unspecified atom stereocenters. The standard InChI is InChI=1S/C14H19N5O2/c1-2-6-17(11-8-15-9-11)10-12-14(19(20)21)18-7-4-3-5-13(18)16-12/h3-5,7,11,15H,2,6,8-10H2,1H3. The van der Waals surface area contributed by atoms with Gasteiger partial charge in [0.05, 0.1) is 6.20 Å². The summed E-state index contributed by atoms with van der Waals surface area (Å²) in [7, 11) is 0. The molecule has 1 N–H and O–H groups in total. The maximum absolute atomic E-state index is 11.4. The molecule has 3 rings (SSSR count). The summed E-state index contributed by atoms with van der Waals surface area (Å²) < 4.78 is 1.55. The molecule has 3 heterocycles. The Morgan fingerprint density at radius 2 is 2.33 bits per heavy atom.